The fourth-order valence-electron chi connectivity index (χ4n) is 2.49. The second kappa shape index (κ2) is 5.96. The molecule has 0 bridgehead atoms. The highest BCUT2D eigenvalue weighted by atomic mass is 32.1. The van der Waals surface area contributed by atoms with Gasteiger partial charge in [-0.15, -0.1) is 0 Å². The van der Waals surface area contributed by atoms with Crippen molar-refractivity contribution in [2.45, 2.75) is 26.2 Å². The van der Waals surface area contributed by atoms with Crippen molar-refractivity contribution in [2.75, 3.05) is 17.7 Å². The van der Waals surface area contributed by atoms with E-state index in [2.05, 4.69) is 24.1 Å². The molecular formula is C16H19N3O2S. The minimum atomic E-state index is -0.0312. The number of hydrogen-bond acceptors (Lipinski definition) is 5. The topological polar surface area (TPSA) is 77.2 Å². The number of benzene rings is 1. The number of rotatable bonds is 4. The van der Waals surface area contributed by atoms with Crippen molar-refractivity contribution in [1.29, 1.82) is 0 Å². The number of nitrogens with zero attached hydrogens (tertiary/aromatic N) is 1. The Bertz CT molecular complexity index is 696. The van der Waals surface area contributed by atoms with Crippen molar-refractivity contribution in [3.05, 3.63) is 34.7 Å². The molecule has 6 heteroatoms. The maximum atomic E-state index is 11.9. The number of carbonyl (C=O) groups excluding carboxylic acids is 1. The minimum absolute atomic E-state index is 0.0128. The molecule has 0 aliphatic carbocycles. The van der Waals surface area contributed by atoms with Crippen LogP contribution in [0.2, 0.25) is 0 Å². The third kappa shape index (κ3) is 3.06. The number of hydrogen-bond donors (Lipinski definition) is 2. The molecule has 0 unspecified atom stereocenters. The molecule has 2 heterocycles. The molecule has 3 rings (SSSR count). The summed E-state index contributed by atoms with van der Waals surface area (Å²) < 4.78 is 5.78. The van der Waals surface area contributed by atoms with Crippen molar-refractivity contribution in [3.8, 4) is 5.75 Å². The van der Waals surface area contributed by atoms with E-state index < -0.39 is 0 Å². The summed E-state index contributed by atoms with van der Waals surface area (Å²) in [5.41, 5.74) is 6.84. The zero-order chi connectivity index (χ0) is 15.7. The maximum absolute atomic E-state index is 11.9. The first-order valence-electron chi connectivity index (χ1n) is 7.31. The molecule has 0 radical (unpaired) electrons. The second-order valence-corrected chi connectivity index (χ2v) is 6.91. The summed E-state index contributed by atoms with van der Waals surface area (Å²) in [6.45, 7) is 4.90. The average Bonchev–Trinajstić information content (AvgIpc) is 2.84. The molecule has 116 valence electrons. The van der Waals surface area contributed by atoms with Crippen LogP contribution in [0.3, 0.4) is 0 Å². The van der Waals surface area contributed by atoms with Gasteiger partial charge in [0, 0.05) is 12.3 Å². The van der Waals surface area contributed by atoms with Gasteiger partial charge in [-0.25, -0.2) is 4.98 Å². The van der Waals surface area contributed by atoms with Crippen LogP contribution < -0.4 is 15.8 Å². The molecule has 1 aliphatic heterocycles. The van der Waals surface area contributed by atoms with Gasteiger partial charge >= 0.3 is 0 Å². The molecule has 1 aromatic heterocycles. The average molecular weight is 317 g/mol. The van der Waals surface area contributed by atoms with E-state index in [1.54, 1.807) is 0 Å². The number of amides is 1. The number of ether oxygens (including phenoxy) is 1. The van der Waals surface area contributed by atoms with Crippen molar-refractivity contribution < 1.29 is 9.53 Å². The van der Waals surface area contributed by atoms with Gasteiger partial charge in [0.15, 0.2) is 5.13 Å². The summed E-state index contributed by atoms with van der Waals surface area (Å²) in [6.07, 6.45) is 0.405. The van der Waals surface area contributed by atoms with Crippen molar-refractivity contribution in [1.82, 2.24) is 4.98 Å². The van der Waals surface area contributed by atoms with Gasteiger partial charge in [-0.05, 0) is 23.6 Å². The van der Waals surface area contributed by atoms with Gasteiger partial charge in [0.1, 0.15) is 11.6 Å². The quantitative estimate of drug-likeness (QED) is 0.907. The monoisotopic (exact) mass is 317 g/mol. The lowest BCUT2D eigenvalue weighted by Crippen LogP contribution is -2.22. The van der Waals surface area contributed by atoms with E-state index >= 15 is 0 Å². The molecule has 1 atom stereocenters. The van der Waals surface area contributed by atoms with Crippen LogP contribution in [0.4, 0.5) is 10.9 Å². The van der Waals surface area contributed by atoms with Crippen LogP contribution in [0.1, 0.15) is 36.6 Å². The first kappa shape index (κ1) is 14.8. The van der Waals surface area contributed by atoms with Crippen LogP contribution in [-0.2, 0) is 4.79 Å². The van der Waals surface area contributed by atoms with E-state index in [0.717, 1.165) is 16.2 Å². The van der Waals surface area contributed by atoms with Gasteiger partial charge in [0.05, 0.1) is 11.5 Å². The molecule has 1 aliphatic rings. The van der Waals surface area contributed by atoms with Crippen LogP contribution in [0, 0.1) is 5.92 Å². The number of nitrogens with two attached hydrogens (primary N) is 1. The SMILES string of the molecule is CC(C)COc1cccc([C@H]2CC(=O)Nc3nc(N)sc32)c1. The Kier molecular flexibility index (Phi) is 4.02. The summed E-state index contributed by atoms with van der Waals surface area (Å²) in [7, 11) is 0. The van der Waals surface area contributed by atoms with Gasteiger partial charge in [-0.3, -0.25) is 4.79 Å². The molecule has 0 spiro atoms. The standard InChI is InChI=1S/C16H19N3O2S/c1-9(2)8-21-11-5-3-4-10(6-11)12-7-13(20)18-15-14(12)22-16(17)19-15/h3-6,9,12H,7-8H2,1-2H3,(H2,17,19)(H,18,20)/t12-/m1/s1. The molecule has 0 saturated carbocycles. The first-order chi connectivity index (χ1) is 10.5. The fraction of sp³-hybridized carbons (Fsp3) is 0.375. The molecule has 2 aromatic rings. The highest BCUT2D eigenvalue weighted by Gasteiger charge is 2.30. The van der Waals surface area contributed by atoms with Crippen molar-refractivity contribution >= 4 is 28.2 Å². The molecule has 5 nitrogen and oxygen atoms in total. The molecule has 0 fully saturated rings. The smallest absolute Gasteiger partial charge is 0.226 e. The number of nitrogens with one attached hydrogen (secondary N) is 1. The Morgan fingerprint density at radius 3 is 3.09 bits per heavy atom. The normalized spacial score (nSPS) is 17.2. The molecule has 22 heavy (non-hydrogen) atoms. The van der Waals surface area contributed by atoms with Gasteiger partial charge in [0.2, 0.25) is 5.91 Å². The lowest BCUT2D eigenvalue weighted by Gasteiger charge is -2.22. The number of nitrogen functional groups attached to an aromatic ring is 1. The molecule has 1 aromatic carbocycles. The molecule has 1 amide bonds. The Morgan fingerprint density at radius 1 is 1.50 bits per heavy atom. The highest BCUT2D eigenvalue weighted by Crippen LogP contribution is 2.42. The lowest BCUT2D eigenvalue weighted by atomic mass is 9.91. The lowest BCUT2D eigenvalue weighted by molar-refractivity contribution is -0.116. The molecule has 3 N–H and O–H groups in total. The van der Waals surface area contributed by atoms with Gasteiger partial charge in [-0.2, -0.15) is 0 Å². The van der Waals surface area contributed by atoms with Gasteiger partial charge < -0.3 is 15.8 Å². The second-order valence-electron chi connectivity index (χ2n) is 5.85. The van der Waals surface area contributed by atoms with E-state index in [0.29, 0.717) is 29.9 Å². The summed E-state index contributed by atoms with van der Waals surface area (Å²) >= 11 is 1.43. The van der Waals surface area contributed by atoms with Crippen molar-refractivity contribution in [2.24, 2.45) is 5.92 Å². The summed E-state index contributed by atoms with van der Waals surface area (Å²) in [5, 5.41) is 3.26. The number of aromatic nitrogens is 1. The largest absolute Gasteiger partial charge is 0.493 e. The Labute approximate surface area is 133 Å². The highest BCUT2D eigenvalue weighted by molar-refractivity contribution is 7.16. The van der Waals surface area contributed by atoms with E-state index in [4.69, 9.17) is 10.5 Å². The maximum Gasteiger partial charge on any atom is 0.226 e. The summed E-state index contributed by atoms with van der Waals surface area (Å²) in [4.78, 5) is 17.1. The van der Waals surface area contributed by atoms with Crippen molar-refractivity contribution in [3.63, 3.8) is 0 Å². The van der Waals surface area contributed by atoms with Crippen LogP contribution in [0.15, 0.2) is 24.3 Å². The van der Waals surface area contributed by atoms with E-state index in [9.17, 15) is 4.79 Å². The number of thiazole rings is 1. The van der Waals surface area contributed by atoms with Gasteiger partial charge in [0.25, 0.3) is 0 Å². The number of fused-ring (bicyclic) bond motifs is 1. The van der Waals surface area contributed by atoms with Crippen LogP contribution in [-0.4, -0.2) is 17.5 Å². The van der Waals surface area contributed by atoms with Crippen LogP contribution >= 0.6 is 11.3 Å². The van der Waals surface area contributed by atoms with E-state index in [1.807, 2.05) is 24.3 Å². The number of anilines is 2. The zero-order valence-corrected chi connectivity index (χ0v) is 13.4. The Balaban J connectivity index is 1.90. The fourth-order valence-corrected chi connectivity index (χ4v) is 3.41. The number of carbonyl (C=O) groups is 1. The summed E-state index contributed by atoms with van der Waals surface area (Å²) in [6, 6.07) is 7.93. The Morgan fingerprint density at radius 2 is 2.32 bits per heavy atom. The summed E-state index contributed by atoms with van der Waals surface area (Å²) in [5.74, 6) is 1.85. The van der Waals surface area contributed by atoms with Crippen LogP contribution in [0.5, 0.6) is 5.75 Å². The third-order valence-electron chi connectivity index (χ3n) is 3.48. The first-order valence-corrected chi connectivity index (χ1v) is 8.13. The minimum Gasteiger partial charge on any atom is -0.493 e. The molecular weight excluding hydrogens is 298 g/mol. The zero-order valence-electron chi connectivity index (χ0n) is 12.6. The Hall–Kier alpha value is -2.08. The van der Waals surface area contributed by atoms with Crippen LogP contribution in [0.25, 0.3) is 0 Å². The molecule has 0 saturated heterocycles. The predicted molar refractivity (Wildman–Crippen MR) is 88.4 cm³/mol. The van der Waals surface area contributed by atoms with E-state index in [1.165, 1.54) is 11.3 Å². The third-order valence-corrected chi connectivity index (χ3v) is 4.48. The van der Waals surface area contributed by atoms with Gasteiger partial charge in [-0.1, -0.05) is 37.3 Å². The van der Waals surface area contributed by atoms with E-state index in [-0.39, 0.29) is 11.8 Å². The predicted octanol–water partition coefficient (Wildman–Crippen LogP) is 3.23.